The van der Waals surface area contributed by atoms with E-state index in [-0.39, 0.29) is 18.1 Å². The van der Waals surface area contributed by atoms with Crippen molar-refractivity contribution in [2.45, 2.75) is 18.7 Å². The highest BCUT2D eigenvalue weighted by Crippen LogP contribution is 2.23. The van der Waals surface area contributed by atoms with Gasteiger partial charge >= 0.3 is 0 Å². The van der Waals surface area contributed by atoms with Gasteiger partial charge in [-0.1, -0.05) is 17.7 Å². The van der Waals surface area contributed by atoms with Crippen LogP contribution in [-0.4, -0.2) is 68.2 Å². The first-order valence-corrected chi connectivity index (χ1v) is 11.3. The summed E-state index contributed by atoms with van der Waals surface area (Å²) in [6.45, 7) is 5.38. The number of sulfonamides is 1. The number of anilines is 1. The van der Waals surface area contributed by atoms with Gasteiger partial charge in [0.25, 0.3) is 5.69 Å². The van der Waals surface area contributed by atoms with Gasteiger partial charge in [-0.25, -0.2) is 8.42 Å². The summed E-state index contributed by atoms with van der Waals surface area (Å²) in [5.74, 6) is -0.167. The number of carbonyl (C=O) groups is 1. The average molecular weight is 447 g/mol. The van der Waals surface area contributed by atoms with Crippen molar-refractivity contribution in [2.75, 3.05) is 44.7 Å². The summed E-state index contributed by atoms with van der Waals surface area (Å²) >= 11 is 0. The van der Waals surface area contributed by atoms with E-state index in [1.807, 2.05) is 17.9 Å². The van der Waals surface area contributed by atoms with Gasteiger partial charge in [0.05, 0.1) is 16.4 Å². The van der Waals surface area contributed by atoms with Crippen LogP contribution in [0.4, 0.5) is 11.4 Å². The van der Waals surface area contributed by atoms with E-state index in [9.17, 15) is 23.3 Å². The Balaban J connectivity index is 1.59. The zero-order valence-corrected chi connectivity index (χ0v) is 18.6. The molecule has 1 saturated heterocycles. The quantitative estimate of drug-likeness (QED) is 0.498. The van der Waals surface area contributed by atoms with Crippen molar-refractivity contribution in [1.29, 1.82) is 0 Å². The normalized spacial score (nSPS) is 15.6. The first kappa shape index (κ1) is 22.9. The highest BCUT2D eigenvalue weighted by atomic mass is 32.2. The Labute approximate surface area is 182 Å². The Hall–Kier alpha value is -2.82. The summed E-state index contributed by atoms with van der Waals surface area (Å²) in [5, 5.41) is 10.8. The Morgan fingerprint density at radius 3 is 2.23 bits per heavy atom. The molecule has 0 aromatic heterocycles. The van der Waals surface area contributed by atoms with E-state index in [1.54, 1.807) is 26.1 Å². The predicted molar refractivity (Wildman–Crippen MR) is 118 cm³/mol. The zero-order valence-electron chi connectivity index (χ0n) is 17.8. The molecule has 0 aliphatic carbocycles. The van der Waals surface area contributed by atoms with Crippen molar-refractivity contribution < 1.29 is 18.1 Å². The summed E-state index contributed by atoms with van der Waals surface area (Å²) in [7, 11) is -1.96. The highest BCUT2D eigenvalue weighted by Gasteiger charge is 2.30. The summed E-state index contributed by atoms with van der Waals surface area (Å²) in [6, 6.07) is 11.1. The third-order valence-corrected chi connectivity index (χ3v) is 7.52. The molecule has 1 fully saturated rings. The topological polar surface area (TPSA) is 104 Å². The molecular formula is C21H26N4O5S. The molecule has 2 aromatic carbocycles. The number of piperazine rings is 1. The van der Waals surface area contributed by atoms with Crippen LogP contribution in [0.25, 0.3) is 0 Å². The minimum Gasteiger partial charge on any atom is -0.314 e. The minimum atomic E-state index is -3.58. The van der Waals surface area contributed by atoms with Crippen LogP contribution in [0.1, 0.15) is 11.1 Å². The lowest BCUT2D eigenvalue weighted by atomic mass is 10.2. The number of aryl methyl sites for hydroxylation is 2. The van der Waals surface area contributed by atoms with Crippen molar-refractivity contribution >= 4 is 27.3 Å². The molecule has 10 heteroatoms. The molecule has 3 rings (SSSR count). The molecule has 0 atom stereocenters. The molecule has 0 radical (unpaired) electrons. The van der Waals surface area contributed by atoms with Crippen molar-refractivity contribution in [1.82, 2.24) is 9.21 Å². The van der Waals surface area contributed by atoms with Crippen LogP contribution >= 0.6 is 0 Å². The Kier molecular flexibility index (Phi) is 6.73. The lowest BCUT2D eigenvalue weighted by molar-refractivity contribution is -0.384. The van der Waals surface area contributed by atoms with Gasteiger partial charge in [-0.2, -0.15) is 4.31 Å². The van der Waals surface area contributed by atoms with Crippen LogP contribution in [0, 0.1) is 24.0 Å². The van der Waals surface area contributed by atoms with Crippen molar-refractivity contribution in [3.8, 4) is 0 Å². The molecule has 1 heterocycles. The fraction of sp³-hybridized carbons (Fsp3) is 0.381. The third-order valence-electron chi connectivity index (χ3n) is 5.46. The van der Waals surface area contributed by atoms with E-state index >= 15 is 0 Å². The van der Waals surface area contributed by atoms with Crippen LogP contribution in [0.2, 0.25) is 0 Å². The van der Waals surface area contributed by atoms with Gasteiger partial charge in [-0.15, -0.1) is 0 Å². The first-order chi connectivity index (χ1) is 14.6. The number of carbonyl (C=O) groups excluding carboxylic acids is 1. The molecule has 2 aromatic rings. The molecule has 1 amide bonds. The largest absolute Gasteiger partial charge is 0.314 e. The fourth-order valence-electron chi connectivity index (χ4n) is 3.60. The minimum absolute atomic E-state index is 0.0363. The van der Waals surface area contributed by atoms with Gasteiger partial charge in [-0.3, -0.25) is 19.8 Å². The number of rotatable bonds is 6. The monoisotopic (exact) mass is 446 g/mol. The van der Waals surface area contributed by atoms with Crippen LogP contribution in [0.15, 0.2) is 47.4 Å². The second-order valence-electron chi connectivity index (χ2n) is 7.68. The number of likely N-dealkylation sites (N-methyl/N-ethyl adjacent to an activating group) is 1. The fourth-order valence-corrected chi connectivity index (χ4v) is 5.22. The number of amides is 1. The van der Waals surface area contributed by atoms with Crippen LogP contribution in [0.3, 0.4) is 0 Å². The van der Waals surface area contributed by atoms with E-state index in [4.69, 9.17) is 0 Å². The summed E-state index contributed by atoms with van der Waals surface area (Å²) in [5.41, 5.74) is 2.26. The maximum atomic E-state index is 13.0. The van der Waals surface area contributed by atoms with E-state index in [1.165, 1.54) is 33.5 Å². The molecular weight excluding hydrogens is 420 g/mol. The number of nitro benzene ring substituents is 1. The molecule has 1 aliphatic rings. The SMILES string of the molecule is Cc1ccc(S(=O)(=O)N2CCN(CC(=O)N(C)c3ccc([N+](=O)[O-])cc3)CC2)c(C)c1. The molecule has 9 nitrogen and oxygen atoms in total. The molecule has 0 bridgehead atoms. The van der Waals surface area contributed by atoms with Crippen molar-refractivity contribution in [3.63, 3.8) is 0 Å². The molecule has 166 valence electrons. The maximum Gasteiger partial charge on any atom is 0.269 e. The molecule has 0 saturated carbocycles. The second kappa shape index (κ2) is 9.13. The van der Waals surface area contributed by atoms with Gasteiger partial charge in [0, 0.05) is 51.0 Å². The summed E-state index contributed by atoms with van der Waals surface area (Å²) < 4.78 is 27.5. The van der Waals surface area contributed by atoms with E-state index in [0.717, 1.165) is 11.1 Å². The third kappa shape index (κ3) is 5.09. The maximum absolute atomic E-state index is 13.0. The van der Waals surface area contributed by atoms with Crippen LogP contribution in [-0.2, 0) is 14.8 Å². The standard InChI is InChI=1S/C21H26N4O5S/c1-16-4-9-20(17(2)14-16)31(29,30)24-12-10-23(11-13-24)15-21(26)22(3)18-5-7-19(8-6-18)25(27)28/h4-9,14H,10-13,15H2,1-3H3. The molecule has 0 spiro atoms. The van der Waals surface area contributed by atoms with Crippen LogP contribution < -0.4 is 4.90 Å². The molecule has 31 heavy (non-hydrogen) atoms. The van der Waals surface area contributed by atoms with E-state index in [2.05, 4.69) is 0 Å². The van der Waals surface area contributed by atoms with Gasteiger partial charge in [-0.05, 0) is 37.6 Å². The van der Waals surface area contributed by atoms with E-state index < -0.39 is 14.9 Å². The molecule has 0 N–H and O–H groups in total. The number of non-ortho nitro benzene ring substituents is 1. The summed E-state index contributed by atoms with van der Waals surface area (Å²) in [6.07, 6.45) is 0. The van der Waals surface area contributed by atoms with Gasteiger partial charge < -0.3 is 4.90 Å². The number of hydrogen-bond donors (Lipinski definition) is 0. The Bertz CT molecular complexity index is 1080. The predicted octanol–water partition coefficient (Wildman–Crippen LogP) is 2.18. The van der Waals surface area contributed by atoms with Crippen molar-refractivity contribution in [2.24, 2.45) is 0 Å². The molecule has 1 aliphatic heterocycles. The lowest BCUT2D eigenvalue weighted by Crippen LogP contribution is -2.51. The number of nitro groups is 1. The molecule has 0 unspecified atom stereocenters. The second-order valence-corrected chi connectivity index (χ2v) is 9.58. The van der Waals surface area contributed by atoms with Crippen molar-refractivity contribution in [3.05, 3.63) is 63.7 Å². The number of hydrogen-bond acceptors (Lipinski definition) is 6. The lowest BCUT2D eigenvalue weighted by Gasteiger charge is -2.34. The van der Waals surface area contributed by atoms with E-state index in [0.29, 0.717) is 36.8 Å². The average Bonchev–Trinajstić information content (AvgIpc) is 2.73. The van der Waals surface area contributed by atoms with Gasteiger partial charge in [0.2, 0.25) is 15.9 Å². The zero-order chi connectivity index (χ0) is 22.8. The highest BCUT2D eigenvalue weighted by molar-refractivity contribution is 7.89. The van der Waals surface area contributed by atoms with Gasteiger partial charge in [0.1, 0.15) is 0 Å². The van der Waals surface area contributed by atoms with Gasteiger partial charge in [0.15, 0.2) is 0 Å². The Morgan fingerprint density at radius 2 is 1.68 bits per heavy atom. The summed E-state index contributed by atoms with van der Waals surface area (Å²) in [4.78, 5) is 26.6. The Morgan fingerprint density at radius 1 is 1.06 bits per heavy atom. The first-order valence-electron chi connectivity index (χ1n) is 9.90. The number of benzene rings is 2. The smallest absolute Gasteiger partial charge is 0.269 e. The van der Waals surface area contributed by atoms with Crippen LogP contribution in [0.5, 0.6) is 0 Å². The number of nitrogens with zero attached hydrogens (tertiary/aromatic N) is 4.